The highest BCUT2D eigenvalue weighted by Crippen LogP contribution is 2.38. The van der Waals surface area contributed by atoms with Crippen LogP contribution in [0.4, 0.5) is 0 Å². The van der Waals surface area contributed by atoms with E-state index in [1.54, 1.807) is 0 Å². The summed E-state index contributed by atoms with van der Waals surface area (Å²) < 4.78 is 6.16. The summed E-state index contributed by atoms with van der Waals surface area (Å²) in [5.41, 5.74) is 0.130. The van der Waals surface area contributed by atoms with Crippen LogP contribution >= 0.6 is 0 Å². The number of ether oxygens (including phenoxy) is 1. The summed E-state index contributed by atoms with van der Waals surface area (Å²) in [7, 11) is 2.10. The Morgan fingerprint density at radius 1 is 1.24 bits per heavy atom. The Labute approximate surface area is 108 Å². The number of hydrogen-bond acceptors (Lipinski definition) is 2. The van der Waals surface area contributed by atoms with Crippen molar-refractivity contribution in [3.8, 4) is 0 Å². The summed E-state index contributed by atoms with van der Waals surface area (Å²) in [6, 6.07) is 0.534. The van der Waals surface area contributed by atoms with Gasteiger partial charge in [0.2, 0.25) is 0 Å². The third-order valence-corrected chi connectivity index (χ3v) is 4.28. The Kier molecular flexibility index (Phi) is 6.50. The Hall–Kier alpha value is -0.0800. The van der Waals surface area contributed by atoms with E-state index in [1.807, 2.05) is 0 Å². The van der Waals surface area contributed by atoms with Crippen molar-refractivity contribution >= 4 is 0 Å². The molecule has 1 fully saturated rings. The fraction of sp³-hybridized carbons (Fsp3) is 1.00. The van der Waals surface area contributed by atoms with Crippen LogP contribution in [-0.2, 0) is 4.74 Å². The summed E-state index contributed by atoms with van der Waals surface area (Å²) in [5.74, 6) is 0.801. The highest BCUT2D eigenvalue weighted by molar-refractivity contribution is 4.97. The van der Waals surface area contributed by atoms with Gasteiger partial charge >= 0.3 is 0 Å². The van der Waals surface area contributed by atoms with Crippen LogP contribution in [0, 0.1) is 5.92 Å². The molecule has 102 valence electrons. The lowest BCUT2D eigenvalue weighted by Gasteiger charge is -2.38. The Morgan fingerprint density at radius 3 is 2.35 bits per heavy atom. The molecule has 0 saturated heterocycles. The average Bonchev–Trinajstić information content (AvgIpc) is 2.76. The van der Waals surface area contributed by atoms with E-state index in [0.29, 0.717) is 6.04 Å². The van der Waals surface area contributed by atoms with Crippen molar-refractivity contribution in [2.24, 2.45) is 5.92 Å². The molecule has 0 radical (unpaired) electrons. The maximum atomic E-state index is 6.16. The predicted octanol–water partition coefficient (Wildman–Crippen LogP) is 3.75. The maximum absolute atomic E-state index is 6.16. The van der Waals surface area contributed by atoms with E-state index in [9.17, 15) is 0 Å². The average molecular weight is 241 g/mol. The van der Waals surface area contributed by atoms with E-state index in [2.05, 4.69) is 33.1 Å². The second-order valence-electron chi connectivity index (χ2n) is 5.68. The highest BCUT2D eigenvalue weighted by atomic mass is 16.5. The first-order valence-corrected chi connectivity index (χ1v) is 7.49. The van der Waals surface area contributed by atoms with Crippen LogP contribution in [0.5, 0.6) is 0 Å². The first-order valence-electron chi connectivity index (χ1n) is 7.49. The minimum absolute atomic E-state index is 0.130. The summed E-state index contributed by atoms with van der Waals surface area (Å²) in [4.78, 5) is 0. The molecule has 1 rings (SSSR count). The van der Waals surface area contributed by atoms with Crippen molar-refractivity contribution in [1.29, 1.82) is 0 Å². The third-order valence-electron chi connectivity index (χ3n) is 4.28. The van der Waals surface area contributed by atoms with Gasteiger partial charge in [0.05, 0.1) is 5.60 Å². The Bertz CT molecular complexity index is 199. The van der Waals surface area contributed by atoms with Crippen molar-refractivity contribution in [2.45, 2.75) is 77.4 Å². The largest absolute Gasteiger partial charge is 0.374 e. The molecule has 1 aliphatic carbocycles. The molecule has 2 nitrogen and oxygen atoms in total. The van der Waals surface area contributed by atoms with E-state index in [0.717, 1.165) is 12.5 Å². The van der Waals surface area contributed by atoms with Gasteiger partial charge in [-0.2, -0.15) is 0 Å². The van der Waals surface area contributed by atoms with Crippen LogP contribution in [0.3, 0.4) is 0 Å². The van der Waals surface area contributed by atoms with E-state index in [-0.39, 0.29) is 5.60 Å². The highest BCUT2D eigenvalue weighted by Gasteiger charge is 2.41. The van der Waals surface area contributed by atoms with Crippen molar-refractivity contribution in [3.63, 3.8) is 0 Å². The van der Waals surface area contributed by atoms with Gasteiger partial charge in [0.25, 0.3) is 0 Å². The standard InChI is InChI=1S/C15H31NO/c1-5-9-13(3)12-14(16-4)15(17-6-2)10-7-8-11-15/h13-14,16H,5-12H2,1-4H3. The molecule has 1 aliphatic rings. The van der Waals surface area contributed by atoms with Crippen molar-refractivity contribution in [2.75, 3.05) is 13.7 Å². The van der Waals surface area contributed by atoms with Crippen LogP contribution in [-0.4, -0.2) is 25.3 Å². The smallest absolute Gasteiger partial charge is 0.0834 e. The van der Waals surface area contributed by atoms with Crippen LogP contribution < -0.4 is 5.32 Å². The molecular formula is C15H31NO. The number of hydrogen-bond donors (Lipinski definition) is 1. The van der Waals surface area contributed by atoms with Crippen LogP contribution in [0.15, 0.2) is 0 Å². The molecule has 0 spiro atoms. The molecular weight excluding hydrogens is 210 g/mol. The SMILES string of the molecule is CCCC(C)CC(NC)C1(OCC)CCCC1. The fourth-order valence-electron chi connectivity index (χ4n) is 3.46. The lowest BCUT2D eigenvalue weighted by atomic mass is 9.84. The van der Waals surface area contributed by atoms with Gasteiger partial charge in [-0.25, -0.2) is 0 Å². The van der Waals surface area contributed by atoms with Crippen LogP contribution in [0.2, 0.25) is 0 Å². The second-order valence-corrected chi connectivity index (χ2v) is 5.68. The van der Waals surface area contributed by atoms with Crippen LogP contribution in [0.25, 0.3) is 0 Å². The monoisotopic (exact) mass is 241 g/mol. The van der Waals surface area contributed by atoms with Crippen molar-refractivity contribution < 1.29 is 4.74 Å². The second kappa shape index (κ2) is 7.38. The van der Waals surface area contributed by atoms with Crippen LogP contribution in [0.1, 0.15) is 65.7 Å². The summed E-state index contributed by atoms with van der Waals surface area (Å²) in [5, 5.41) is 3.53. The molecule has 0 heterocycles. The summed E-state index contributed by atoms with van der Waals surface area (Å²) in [6.45, 7) is 7.63. The first-order chi connectivity index (χ1) is 8.18. The normalized spacial score (nSPS) is 22.6. The zero-order chi connectivity index (χ0) is 12.7. The molecule has 1 N–H and O–H groups in total. The van der Waals surface area contributed by atoms with E-state index in [1.165, 1.54) is 44.9 Å². The first kappa shape index (κ1) is 15.0. The zero-order valence-corrected chi connectivity index (χ0v) is 12.2. The number of nitrogens with one attached hydrogen (secondary N) is 1. The number of rotatable bonds is 8. The van der Waals surface area contributed by atoms with Gasteiger partial charge < -0.3 is 10.1 Å². The van der Waals surface area contributed by atoms with E-state index in [4.69, 9.17) is 4.74 Å². The molecule has 0 aromatic carbocycles. The molecule has 17 heavy (non-hydrogen) atoms. The third kappa shape index (κ3) is 3.96. The molecule has 0 amide bonds. The molecule has 2 atom stereocenters. The molecule has 2 unspecified atom stereocenters. The lowest BCUT2D eigenvalue weighted by Crippen LogP contribution is -2.50. The Balaban J connectivity index is 2.61. The van der Waals surface area contributed by atoms with Gasteiger partial charge in [-0.15, -0.1) is 0 Å². The molecule has 0 aromatic heterocycles. The van der Waals surface area contributed by atoms with Gasteiger partial charge in [0, 0.05) is 12.6 Å². The van der Waals surface area contributed by atoms with E-state index < -0.39 is 0 Å². The predicted molar refractivity (Wildman–Crippen MR) is 74.4 cm³/mol. The summed E-state index contributed by atoms with van der Waals surface area (Å²) >= 11 is 0. The molecule has 1 saturated carbocycles. The van der Waals surface area contributed by atoms with Gasteiger partial charge in [-0.3, -0.25) is 0 Å². The number of likely N-dealkylation sites (N-methyl/N-ethyl adjacent to an activating group) is 1. The lowest BCUT2D eigenvalue weighted by molar-refractivity contribution is -0.0646. The molecule has 0 aromatic rings. The minimum atomic E-state index is 0.130. The van der Waals surface area contributed by atoms with Gasteiger partial charge in [-0.1, -0.05) is 39.5 Å². The van der Waals surface area contributed by atoms with Gasteiger partial charge in [0.1, 0.15) is 0 Å². The molecule has 2 heteroatoms. The minimum Gasteiger partial charge on any atom is -0.374 e. The Morgan fingerprint density at radius 2 is 1.88 bits per heavy atom. The maximum Gasteiger partial charge on any atom is 0.0834 e. The van der Waals surface area contributed by atoms with Crippen molar-refractivity contribution in [3.05, 3.63) is 0 Å². The van der Waals surface area contributed by atoms with Gasteiger partial charge in [0.15, 0.2) is 0 Å². The fourth-order valence-corrected chi connectivity index (χ4v) is 3.46. The molecule has 0 bridgehead atoms. The zero-order valence-electron chi connectivity index (χ0n) is 12.2. The van der Waals surface area contributed by atoms with E-state index >= 15 is 0 Å². The molecule has 0 aliphatic heterocycles. The topological polar surface area (TPSA) is 21.3 Å². The summed E-state index contributed by atoms with van der Waals surface area (Å²) in [6.07, 6.45) is 9.03. The van der Waals surface area contributed by atoms with Crippen molar-refractivity contribution in [1.82, 2.24) is 5.32 Å². The quantitative estimate of drug-likeness (QED) is 0.699. The van der Waals surface area contributed by atoms with Gasteiger partial charge in [-0.05, 0) is 39.2 Å².